The van der Waals surface area contributed by atoms with Gasteiger partial charge in [-0.2, -0.15) is 5.10 Å². The number of hydrogen-bond donors (Lipinski definition) is 0. The van der Waals surface area contributed by atoms with E-state index >= 15 is 0 Å². The van der Waals surface area contributed by atoms with E-state index in [2.05, 4.69) is 69.5 Å². The fraction of sp³-hybridized carbons (Fsp3) is 0.381. The Morgan fingerprint density at radius 2 is 1.76 bits per heavy atom. The topological polar surface area (TPSA) is 24.8 Å². The van der Waals surface area contributed by atoms with Gasteiger partial charge in [0.15, 0.2) is 5.72 Å². The zero-order valence-corrected chi connectivity index (χ0v) is 15.7. The van der Waals surface area contributed by atoms with Crippen LogP contribution in [0.3, 0.4) is 0 Å². The summed E-state index contributed by atoms with van der Waals surface area (Å²) in [5.41, 5.74) is 3.40. The van der Waals surface area contributed by atoms with Crippen LogP contribution in [0, 0.1) is 0 Å². The minimum absolute atomic E-state index is 0.256. The van der Waals surface area contributed by atoms with E-state index in [0.29, 0.717) is 6.04 Å². The molecule has 25 heavy (non-hydrogen) atoms. The molecule has 2 heterocycles. The Kier molecular flexibility index (Phi) is 3.63. The summed E-state index contributed by atoms with van der Waals surface area (Å²) in [7, 11) is 0. The third-order valence-electron chi connectivity index (χ3n) is 5.72. The molecule has 1 spiro atoms. The lowest BCUT2D eigenvalue weighted by atomic mass is 9.86. The zero-order valence-electron chi connectivity index (χ0n) is 14.1. The number of halogens is 1. The maximum atomic E-state index is 6.59. The first-order chi connectivity index (χ1) is 12.3. The van der Waals surface area contributed by atoms with E-state index in [1.807, 2.05) is 0 Å². The van der Waals surface area contributed by atoms with Crippen LogP contribution in [0.2, 0.25) is 0 Å². The van der Waals surface area contributed by atoms with E-state index in [1.54, 1.807) is 0 Å². The Morgan fingerprint density at radius 3 is 2.56 bits per heavy atom. The van der Waals surface area contributed by atoms with Gasteiger partial charge in [-0.05, 0) is 36.6 Å². The van der Waals surface area contributed by atoms with Crippen LogP contribution >= 0.6 is 15.9 Å². The molecule has 1 fully saturated rings. The Labute approximate surface area is 156 Å². The van der Waals surface area contributed by atoms with Gasteiger partial charge < -0.3 is 4.74 Å². The van der Waals surface area contributed by atoms with Crippen molar-refractivity contribution in [2.24, 2.45) is 5.10 Å². The molecule has 0 aromatic heterocycles. The van der Waals surface area contributed by atoms with Crippen molar-refractivity contribution in [1.82, 2.24) is 5.01 Å². The summed E-state index contributed by atoms with van der Waals surface area (Å²) < 4.78 is 7.69. The molecule has 5 rings (SSSR count). The molecule has 1 unspecified atom stereocenters. The average Bonchev–Trinajstić information content (AvgIpc) is 3.10. The van der Waals surface area contributed by atoms with Gasteiger partial charge in [0.25, 0.3) is 0 Å². The van der Waals surface area contributed by atoms with E-state index in [-0.39, 0.29) is 5.72 Å². The fourth-order valence-electron chi connectivity index (χ4n) is 4.48. The number of nitrogens with zero attached hydrogens (tertiary/aromatic N) is 2. The van der Waals surface area contributed by atoms with Gasteiger partial charge in [0.1, 0.15) is 5.75 Å². The van der Waals surface area contributed by atoms with Crippen molar-refractivity contribution in [2.45, 2.75) is 50.3 Å². The van der Waals surface area contributed by atoms with Crippen LogP contribution < -0.4 is 4.74 Å². The number of hydrogen-bond acceptors (Lipinski definition) is 3. The van der Waals surface area contributed by atoms with E-state index in [4.69, 9.17) is 9.84 Å². The molecule has 0 amide bonds. The van der Waals surface area contributed by atoms with Crippen molar-refractivity contribution in [3.63, 3.8) is 0 Å². The van der Waals surface area contributed by atoms with E-state index < -0.39 is 0 Å². The molecule has 4 heteroatoms. The second kappa shape index (κ2) is 5.87. The number of fused-ring (bicyclic) bond motifs is 4. The molecule has 1 saturated carbocycles. The number of benzene rings is 2. The van der Waals surface area contributed by atoms with Crippen LogP contribution in [0.1, 0.15) is 55.7 Å². The maximum Gasteiger partial charge on any atom is 0.198 e. The second-order valence-corrected chi connectivity index (χ2v) is 8.18. The van der Waals surface area contributed by atoms with Crippen molar-refractivity contribution >= 4 is 21.6 Å². The molecular weight excluding hydrogens is 376 g/mol. The Hall–Kier alpha value is -1.81. The van der Waals surface area contributed by atoms with Gasteiger partial charge in [0.05, 0.1) is 11.8 Å². The highest BCUT2D eigenvalue weighted by Crippen LogP contribution is 2.51. The molecule has 0 radical (unpaired) electrons. The highest BCUT2D eigenvalue weighted by Gasteiger charge is 2.50. The first kappa shape index (κ1) is 15.4. The molecule has 1 aliphatic carbocycles. The van der Waals surface area contributed by atoms with Crippen LogP contribution in [-0.4, -0.2) is 16.4 Å². The van der Waals surface area contributed by atoms with Crippen LogP contribution in [0.5, 0.6) is 5.75 Å². The molecule has 3 nitrogen and oxygen atoms in total. The number of para-hydroxylation sites is 1. The van der Waals surface area contributed by atoms with Crippen LogP contribution in [0.15, 0.2) is 58.1 Å². The molecule has 2 aromatic carbocycles. The largest absolute Gasteiger partial charge is 0.466 e. The Morgan fingerprint density at radius 1 is 1.00 bits per heavy atom. The van der Waals surface area contributed by atoms with E-state index in [1.165, 1.54) is 36.1 Å². The van der Waals surface area contributed by atoms with Crippen molar-refractivity contribution in [3.8, 4) is 5.75 Å². The summed E-state index contributed by atoms with van der Waals surface area (Å²) in [4.78, 5) is 0. The highest BCUT2D eigenvalue weighted by atomic mass is 79.9. The van der Waals surface area contributed by atoms with Gasteiger partial charge in [0, 0.05) is 29.3 Å². The van der Waals surface area contributed by atoms with Crippen LogP contribution in [0.25, 0.3) is 0 Å². The van der Waals surface area contributed by atoms with Gasteiger partial charge in [-0.1, -0.05) is 52.7 Å². The zero-order chi connectivity index (χ0) is 16.9. The first-order valence-electron chi connectivity index (χ1n) is 9.16. The van der Waals surface area contributed by atoms with E-state index in [0.717, 1.165) is 29.5 Å². The molecule has 2 aromatic rings. The van der Waals surface area contributed by atoms with Gasteiger partial charge in [0.2, 0.25) is 0 Å². The predicted molar refractivity (Wildman–Crippen MR) is 103 cm³/mol. The molecular formula is C21H21BrN2O. The minimum Gasteiger partial charge on any atom is -0.466 e. The molecule has 0 N–H and O–H groups in total. The summed E-state index contributed by atoms with van der Waals surface area (Å²) in [6, 6.07) is 17.3. The first-order valence-corrected chi connectivity index (χ1v) is 9.95. The average molecular weight is 397 g/mol. The summed E-state index contributed by atoms with van der Waals surface area (Å²) >= 11 is 3.52. The van der Waals surface area contributed by atoms with Gasteiger partial charge in [-0.15, -0.1) is 0 Å². The van der Waals surface area contributed by atoms with Gasteiger partial charge in [-0.3, -0.25) is 0 Å². The summed E-state index contributed by atoms with van der Waals surface area (Å²) in [6.45, 7) is 0. The summed E-state index contributed by atoms with van der Waals surface area (Å²) in [6.07, 6.45) is 6.81. The third kappa shape index (κ3) is 2.50. The summed E-state index contributed by atoms with van der Waals surface area (Å²) in [5.74, 6) is 1.05. The van der Waals surface area contributed by atoms with Crippen LogP contribution in [0.4, 0.5) is 0 Å². The number of hydrazone groups is 1. The second-order valence-electron chi connectivity index (χ2n) is 7.26. The quantitative estimate of drug-likeness (QED) is 0.621. The van der Waals surface area contributed by atoms with Crippen molar-refractivity contribution in [1.29, 1.82) is 0 Å². The minimum atomic E-state index is -0.256. The Bertz CT molecular complexity index is 824. The lowest BCUT2D eigenvalue weighted by Crippen LogP contribution is -2.54. The van der Waals surface area contributed by atoms with E-state index in [9.17, 15) is 0 Å². The SMILES string of the molecule is Brc1ccc(C2=NN3C(C2)c2ccccc2OC32CCCCC2)cc1. The van der Waals surface area contributed by atoms with Crippen LogP contribution in [-0.2, 0) is 0 Å². The lowest BCUT2D eigenvalue weighted by molar-refractivity contribution is -0.140. The molecule has 3 aliphatic rings. The maximum absolute atomic E-state index is 6.59. The molecule has 2 aliphatic heterocycles. The Balaban J connectivity index is 1.59. The van der Waals surface area contributed by atoms with Crippen molar-refractivity contribution in [2.75, 3.05) is 0 Å². The van der Waals surface area contributed by atoms with Gasteiger partial charge >= 0.3 is 0 Å². The third-order valence-corrected chi connectivity index (χ3v) is 6.25. The van der Waals surface area contributed by atoms with Gasteiger partial charge in [-0.25, -0.2) is 5.01 Å². The smallest absolute Gasteiger partial charge is 0.198 e. The van der Waals surface area contributed by atoms with Crippen molar-refractivity contribution < 1.29 is 4.74 Å². The normalized spacial score (nSPS) is 23.6. The molecule has 0 bridgehead atoms. The molecule has 1 atom stereocenters. The number of rotatable bonds is 1. The fourth-order valence-corrected chi connectivity index (χ4v) is 4.74. The lowest BCUT2D eigenvalue weighted by Gasteiger charge is -2.49. The standard InChI is InChI=1S/C21H21BrN2O/c22-16-10-8-15(9-11-16)18-14-19-17-6-2-3-7-20(17)25-21(24(19)23-18)12-4-1-5-13-21/h2-3,6-11,19H,1,4-5,12-14H2. The monoisotopic (exact) mass is 396 g/mol. The summed E-state index contributed by atoms with van der Waals surface area (Å²) in [5, 5.41) is 7.39. The number of ether oxygens (including phenoxy) is 1. The van der Waals surface area contributed by atoms with Crippen molar-refractivity contribution in [3.05, 3.63) is 64.1 Å². The highest BCUT2D eigenvalue weighted by molar-refractivity contribution is 9.10. The molecule has 0 saturated heterocycles. The predicted octanol–water partition coefficient (Wildman–Crippen LogP) is 5.65. The molecule has 128 valence electrons.